The summed E-state index contributed by atoms with van der Waals surface area (Å²) < 4.78 is 1.74. The summed E-state index contributed by atoms with van der Waals surface area (Å²) in [6.45, 7) is 2.05. The highest BCUT2D eigenvalue weighted by molar-refractivity contribution is 7.15. The molecule has 0 atom stereocenters. The van der Waals surface area contributed by atoms with E-state index in [0.717, 1.165) is 16.2 Å². The summed E-state index contributed by atoms with van der Waals surface area (Å²) in [6, 6.07) is 17.3. The van der Waals surface area contributed by atoms with Gasteiger partial charge >= 0.3 is 0 Å². The highest BCUT2D eigenvalue weighted by atomic mass is 32.1. The van der Waals surface area contributed by atoms with Gasteiger partial charge < -0.3 is 0 Å². The van der Waals surface area contributed by atoms with Crippen LogP contribution in [0.15, 0.2) is 60.0 Å². The molecule has 1 amide bonds. The highest BCUT2D eigenvalue weighted by Gasteiger charge is 2.14. The van der Waals surface area contributed by atoms with Crippen molar-refractivity contribution in [1.82, 2.24) is 14.6 Å². The molecule has 0 bridgehead atoms. The molecule has 4 aromatic rings. The molecule has 0 radical (unpaired) electrons. The van der Waals surface area contributed by atoms with E-state index in [9.17, 15) is 9.59 Å². The number of nitrogens with zero attached hydrogens (tertiary/aromatic N) is 3. The second kappa shape index (κ2) is 8.36. The fraction of sp³-hybridized carbons (Fsp3) is 0.182. The molecule has 1 N–H and O–H groups in total. The van der Waals surface area contributed by atoms with E-state index in [2.05, 4.69) is 27.5 Å². The molecule has 0 aliphatic carbocycles. The summed E-state index contributed by atoms with van der Waals surface area (Å²) in [6.07, 6.45) is 1.06. The topological polar surface area (TPSA) is 76.4 Å². The molecule has 0 fully saturated rings. The molecule has 2 aromatic heterocycles. The first-order valence-electron chi connectivity index (χ1n) is 9.39. The fourth-order valence-corrected chi connectivity index (χ4v) is 3.85. The van der Waals surface area contributed by atoms with Crippen LogP contribution in [0.2, 0.25) is 0 Å². The lowest BCUT2D eigenvalue weighted by Gasteiger charge is -2.02. The Labute approximate surface area is 172 Å². The molecule has 29 heavy (non-hydrogen) atoms. The molecular weight excluding hydrogens is 384 g/mol. The lowest BCUT2D eigenvalue weighted by molar-refractivity contribution is -0.116. The van der Waals surface area contributed by atoms with Crippen LogP contribution >= 0.6 is 11.3 Å². The van der Waals surface area contributed by atoms with Gasteiger partial charge in [-0.25, -0.2) is 4.52 Å². The minimum absolute atomic E-state index is 0.0433. The number of carbonyl (C=O) groups excluding carboxylic acids is 2. The van der Waals surface area contributed by atoms with Gasteiger partial charge in [0.15, 0.2) is 5.78 Å². The molecule has 0 aliphatic heterocycles. The van der Waals surface area contributed by atoms with E-state index < -0.39 is 0 Å². The number of hydrogen-bond donors (Lipinski definition) is 1. The molecular formula is C22H20N4O2S. The van der Waals surface area contributed by atoms with E-state index in [-0.39, 0.29) is 24.1 Å². The van der Waals surface area contributed by atoms with Gasteiger partial charge in [-0.1, -0.05) is 60.2 Å². The minimum Gasteiger partial charge on any atom is -0.294 e. The third kappa shape index (κ3) is 4.41. The van der Waals surface area contributed by atoms with Crippen molar-refractivity contribution in [3.8, 4) is 11.3 Å². The molecule has 146 valence electrons. The summed E-state index contributed by atoms with van der Waals surface area (Å²) in [5.41, 5.74) is 3.85. The van der Waals surface area contributed by atoms with Gasteiger partial charge in [0.25, 0.3) is 0 Å². The lowest BCUT2D eigenvalue weighted by Crippen LogP contribution is -2.13. The Balaban J connectivity index is 1.36. The monoisotopic (exact) mass is 404 g/mol. The van der Waals surface area contributed by atoms with Crippen LogP contribution in [0.1, 0.15) is 35.2 Å². The molecule has 4 rings (SSSR count). The van der Waals surface area contributed by atoms with Crippen LogP contribution in [0.3, 0.4) is 0 Å². The number of aromatic nitrogens is 3. The maximum atomic E-state index is 12.2. The number of benzene rings is 2. The Bertz CT molecular complexity index is 1150. The number of nitrogens with one attached hydrogen (secondary N) is 1. The van der Waals surface area contributed by atoms with Gasteiger partial charge in [0.1, 0.15) is 0 Å². The zero-order chi connectivity index (χ0) is 20.2. The predicted octanol–water partition coefficient (Wildman–Crippen LogP) is 4.76. The second-order valence-corrected chi connectivity index (χ2v) is 7.64. The second-order valence-electron chi connectivity index (χ2n) is 6.81. The van der Waals surface area contributed by atoms with Crippen molar-refractivity contribution in [3.05, 3.63) is 71.1 Å². The number of amides is 1. The largest absolute Gasteiger partial charge is 0.294 e. The van der Waals surface area contributed by atoms with Crippen molar-refractivity contribution >= 4 is 33.9 Å². The number of fused-ring (bicyclic) bond motifs is 1. The maximum absolute atomic E-state index is 12.2. The number of Topliss-reactive ketones (excluding diaryl/α,β-unsaturated/α-hetero) is 1. The molecule has 7 heteroatoms. The quantitative estimate of drug-likeness (QED) is 0.451. The van der Waals surface area contributed by atoms with Crippen LogP contribution < -0.4 is 5.32 Å². The Morgan fingerprint density at radius 1 is 1.03 bits per heavy atom. The summed E-state index contributed by atoms with van der Waals surface area (Å²) in [4.78, 5) is 29.4. The van der Waals surface area contributed by atoms with Gasteiger partial charge in [-0.15, -0.1) is 16.4 Å². The van der Waals surface area contributed by atoms with Crippen LogP contribution in [-0.4, -0.2) is 26.3 Å². The van der Waals surface area contributed by atoms with E-state index >= 15 is 0 Å². The van der Waals surface area contributed by atoms with Gasteiger partial charge in [0.05, 0.1) is 5.69 Å². The van der Waals surface area contributed by atoms with Gasteiger partial charge in [-0.2, -0.15) is 4.98 Å². The first kappa shape index (κ1) is 19.0. The predicted molar refractivity (Wildman–Crippen MR) is 114 cm³/mol. The van der Waals surface area contributed by atoms with Crippen LogP contribution in [-0.2, 0) is 4.79 Å². The molecule has 6 nitrogen and oxygen atoms in total. The van der Waals surface area contributed by atoms with Crippen molar-refractivity contribution in [2.45, 2.75) is 26.2 Å². The van der Waals surface area contributed by atoms with Crippen LogP contribution in [0.4, 0.5) is 5.95 Å². The van der Waals surface area contributed by atoms with Crippen LogP contribution in [0.25, 0.3) is 16.2 Å². The summed E-state index contributed by atoms with van der Waals surface area (Å²) in [7, 11) is 0. The minimum atomic E-state index is -0.194. The van der Waals surface area contributed by atoms with Crippen molar-refractivity contribution in [1.29, 1.82) is 0 Å². The van der Waals surface area contributed by atoms with E-state index in [1.54, 1.807) is 16.6 Å². The third-order valence-electron chi connectivity index (χ3n) is 4.58. The Hall–Kier alpha value is -3.32. The molecule has 0 aliphatic rings. The molecule has 2 aromatic carbocycles. The standard InChI is InChI=1S/C22H20N4O2S/c1-15-10-12-16(13-11-15)18-14-29-22-24-21(25-26(18)22)23-20(28)9-5-8-19(27)17-6-3-2-4-7-17/h2-4,6-7,10-14H,5,8-9H2,1H3,(H,23,25,28). The summed E-state index contributed by atoms with van der Waals surface area (Å²) in [5.74, 6) is 0.132. The average molecular weight is 404 g/mol. The zero-order valence-corrected chi connectivity index (χ0v) is 16.8. The number of ketones is 1. The molecule has 0 spiro atoms. The first-order chi connectivity index (χ1) is 14.1. The van der Waals surface area contributed by atoms with Gasteiger partial charge in [0.2, 0.25) is 16.8 Å². The molecule has 0 unspecified atom stereocenters. The molecule has 0 saturated carbocycles. The van der Waals surface area contributed by atoms with Crippen molar-refractivity contribution < 1.29 is 9.59 Å². The van der Waals surface area contributed by atoms with Crippen molar-refractivity contribution in [2.75, 3.05) is 5.32 Å². The SMILES string of the molecule is Cc1ccc(-c2csc3nc(NC(=O)CCCC(=O)c4ccccc4)nn23)cc1. The third-order valence-corrected chi connectivity index (χ3v) is 5.40. The Morgan fingerprint density at radius 2 is 1.79 bits per heavy atom. The summed E-state index contributed by atoms with van der Waals surface area (Å²) in [5, 5.41) is 9.15. The molecule has 0 saturated heterocycles. The van der Waals surface area contributed by atoms with Crippen LogP contribution in [0, 0.1) is 6.92 Å². The highest BCUT2D eigenvalue weighted by Crippen LogP contribution is 2.26. The van der Waals surface area contributed by atoms with E-state index in [1.807, 2.05) is 42.6 Å². The van der Waals surface area contributed by atoms with Crippen LogP contribution in [0.5, 0.6) is 0 Å². The van der Waals surface area contributed by atoms with Gasteiger partial charge in [-0.3, -0.25) is 14.9 Å². The maximum Gasteiger partial charge on any atom is 0.250 e. The van der Waals surface area contributed by atoms with Gasteiger partial charge in [0, 0.05) is 29.3 Å². The fourth-order valence-electron chi connectivity index (χ4n) is 3.02. The van der Waals surface area contributed by atoms with E-state index in [0.29, 0.717) is 18.4 Å². The smallest absolute Gasteiger partial charge is 0.250 e. The van der Waals surface area contributed by atoms with Crippen molar-refractivity contribution in [2.24, 2.45) is 0 Å². The molecule has 2 heterocycles. The number of aryl methyl sites for hydroxylation is 1. The number of thiazole rings is 1. The number of anilines is 1. The Kier molecular flexibility index (Phi) is 5.48. The normalized spacial score (nSPS) is 10.9. The Morgan fingerprint density at radius 3 is 2.55 bits per heavy atom. The first-order valence-corrected chi connectivity index (χ1v) is 10.3. The van der Waals surface area contributed by atoms with E-state index in [4.69, 9.17) is 0 Å². The van der Waals surface area contributed by atoms with Gasteiger partial charge in [-0.05, 0) is 13.3 Å². The lowest BCUT2D eigenvalue weighted by atomic mass is 10.1. The summed E-state index contributed by atoms with van der Waals surface area (Å²) >= 11 is 1.47. The zero-order valence-electron chi connectivity index (χ0n) is 16.0. The average Bonchev–Trinajstić information content (AvgIpc) is 3.29. The van der Waals surface area contributed by atoms with E-state index in [1.165, 1.54) is 16.9 Å². The number of rotatable bonds is 7. The number of hydrogen-bond acceptors (Lipinski definition) is 5. The number of carbonyl (C=O) groups is 2. The van der Waals surface area contributed by atoms with Crippen molar-refractivity contribution in [3.63, 3.8) is 0 Å².